The zero-order valence-corrected chi connectivity index (χ0v) is 20.0. The van der Waals surface area contributed by atoms with E-state index in [-0.39, 0.29) is 17.1 Å². The van der Waals surface area contributed by atoms with Crippen molar-refractivity contribution < 1.29 is 19.0 Å². The van der Waals surface area contributed by atoms with E-state index in [0.29, 0.717) is 19.6 Å². The molecule has 0 aromatic heterocycles. The molecule has 0 spiro atoms. The molecule has 160 valence electrons. The quantitative estimate of drug-likeness (QED) is 0.384. The largest absolute Gasteiger partial charge is 0.497 e. The Labute approximate surface area is 173 Å². The molecule has 0 heterocycles. The van der Waals surface area contributed by atoms with Crippen molar-refractivity contribution in [3.05, 3.63) is 42.0 Å². The molecule has 1 aromatic rings. The molecule has 1 aromatic carbocycles. The highest BCUT2D eigenvalue weighted by atomic mass is 28.4. The minimum atomic E-state index is -1.89. The molecule has 5 heteroatoms. The van der Waals surface area contributed by atoms with Crippen LogP contribution in [0.25, 0.3) is 0 Å². The van der Waals surface area contributed by atoms with Crippen molar-refractivity contribution in [3.63, 3.8) is 0 Å². The van der Waals surface area contributed by atoms with Gasteiger partial charge in [-0.15, -0.1) is 0 Å². The van der Waals surface area contributed by atoms with Gasteiger partial charge < -0.3 is 19.0 Å². The summed E-state index contributed by atoms with van der Waals surface area (Å²) in [5, 5.41) is 10.4. The van der Waals surface area contributed by atoms with Crippen molar-refractivity contribution in [2.24, 2.45) is 5.92 Å². The molecular weight excluding hydrogens is 368 g/mol. The second kappa shape index (κ2) is 10.6. The average Bonchev–Trinajstić information content (AvgIpc) is 2.65. The highest BCUT2D eigenvalue weighted by Crippen LogP contribution is 2.37. The molecule has 0 radical (unpaired) electrons. The zero-order valence-electron chi connectivity index (χ0n) is 19.0. The first kappa shape index (κ1) is 24.9. The van der Waals surface area contributed by atoms with Gasteiger partial charge in [0.1, 0.15) is 5.75 Å². The lowest BCUT2D eigenvalue weighted by molar-refractivity contribution is -0.0211. The summed E-state index contributed by atoms with van der Waals surface area (Å²) in [7, 11) is -0.234. The molecule has 4 nitrogen and oxygen atoms in total. The number of hydrogen-bond donors (Lipinski definition) is 1. The van der Waals surface area contributed by atoms with E-state index in [4.69, 9.17) is 13.9 Å². The van der Waals surface area contributed by atoms with Crippen LogP contribution in [0.1, 0.15) is 46.6 Å². The molecule has 3 atom stereocenters. The minimum Gasteiger partial charge on any atom is -0.497 e. The monoisotopic (exact) mass is 408 g/mol. The lowest BCUT2D eigenvalue weighted by Crippen LogP contribution is -2.44. The minimum absolute atomic E-state index is 0.00188. The van der Waals surface area contributed by atoms with Gasteiger partial charge >= 0.3 is 0 Å². The van der Waals surface area contributed by atoms with Gasteiger partial charge in [0.25, 0.3) is 0 Å². The van der Waals surface area contributed by atoms with E-state index in [1.165, 1.54) is 0 Å². The van der Waals surface area contributed by atoms with Crippen molar-refractivity contribution in [1.82, 2.24) is 0 Å². The summed E-state index contributed by atoms with van der Waals surface area (Å²) in [6.45, 7) is 20.3. The van der Waals surface area contributed by atoms with Crippen molar-refractivity contribution in [2.75, 3.05) is 13.7 Å². The van der Waals surface area contributed by atoms with Gasteiger partial charge in [-0.3, -0.25) is 0 Å². The van der Waals surface area contributed by atoms with Crippen molar-refractivity contribution in [3.8, 4) is 5.75 Å². The van der Waals surface area contributed by atoms with Gasteiger partial charge in [-0.1, -0.05) is 53.3 Å². The van der Waals surface area contributed by atoms with E-state index in [0.717, 1.165) is 16.9 Å². The molecule has 0 saturated heterocycles. The fourth-order valence-electron chi connectivity index (χ4n) is 2.57. The Morgan fingerprint density at radius 1 is 1.18 bits per heavy atom. The Morgan fingerprint density at radius 2 is 1.75 bits per heavy atom. The topological polar surface area (TPSA) is 47.9 Å². The molecule has 28 heavy (non-hydrogen) atoms. The molecule has 0 bridgehead atoms. The van der Waals surface area contributed by atoms with E-state index in [9.17, 15) is 5.11 Å². The number of methoxy groups -OCH3 is 1. The Kier molecular flexibility index (Phi) is 9.41. The maximum Gasteiger partial charge on any atom is 0.192 e. The molecule has 0 unspecified atom stereocenters. The first-order chi connectivity index (χ1) is 12.9. The summed E-state index contributed by atoms with van der Waals surface area (Å²) in [4.78, 5) is 0. The van der Waals surface area contributed by atoms with Crippen LogP contribution in [0.15, 0.2) is 36.4 Å². The number of aliphatic hydroxyl groups is 1. The maximum absolute atomic E-state index is 10.2. The van der Waals surface area contributed by atoms with E-state index in [1.807, 2.05) is 31.2 Å². The van der Waals surface area contributed by atoms with Crippen molar-refractivity contribution in [2.45, 2.75) is 78.0 Å². The summed E-state index contributed by atoms with van der Waals surface area (Å²) >= 11 is 0. The third-order valence-electron chi connectivity index (χ3n) is 6.00. The molecule has 0 amide bonds. The summed E-state index contributed by atoms with van der Waals surface area (Å²) in [5.74, 6) is 0.826. The molecular formula is C23H40O4Si. The highest BCUT2D eigenvalue weighted by Gasteiger charge is 2.38. The molecule has 1 rings (SSSR count). The van der Waals surface area contributed by atoms with Gasteiger partial charge in [0.2, 0.25) is 0 Å². The van der Waals surface area contributed by atoms with Crippen LogP contribution in [0.2, 0.25) is 18.1 Å². The van der Waals surface area contributed by atoms with Crippen molar-refractivity contribution in [1.29, 1.82) is 0 Å². The summed E-state index contributed by atoms with van der Waals surface area (Å²) in [6.07, 6.45) is -0.0304. The predicted molar refractivity (Wildman–Crippen MR) is 119 cm³/mol. The lowest BCUT2D eigenvalue weighted by atomic mass is 9.91. The number of ether oxygens (including phenoxy) is 2. The van der Waals surface area contributed by atoms with Crippen LogP contribution >= 0.6 is 0 Å². The summed E-state index contributed by atoms with van der Waals surface area (Å²) in [6, 6.07) is 7.88. The normalized spacial score (nSPS) is 15.8. The number of aliphatic hydroxyl groups excluding tert-OH is 1. The second-order valence-electron chi connectivity index (χ2n) is 9.06. The molecule has 0 saturated carbocycles. The number of rotatable bonds is 11. The Hall–Kier alpha value is -1.14. The van der Waals surface area contributed by atoms with Crippen LogP contribution in [0.5, 0.6) is 5.75 Å². The van der Waals surface area contributed by atoms with Crippen LogP contribution in [0, 0.1) is 5.92 Å². The standard InChI is InChI=1S/C23H40O4Si/c1-10-21(24)17(2)18(3)22(16-27-28(8,9)23(4,5)6)26-15-19-11-13-20(25-7)14-12-19/h11-14,18,21-22,24H,2,10,15-16H2,1,3-9H3/t18-,21-,22+/m1/s1. The highest BCUT2D eigenvalue weighted by molar-refractivity contribution is 6.74. The summed E-state index contributed by atoms with van der Waals surface area (Å²) < 4.78 is 17.9. The third kappa shape index (κ3) is 7.03. The average molecular weight is 409 g/mol. The lowest BCUT2D eigenvalue weighted by Gasteiger charge is -2.38. The van der Waals surface area contributed by atoms with Gasteiger partial charge in [0.05, 0.1) is 32.5 Å². The first-order valence-corrected chi connectivity index (χ1v) is 13.1. The number of benzene rings is 1. The molecule has 1 N–H and O–H groups in total. The van der Waals surface area contributed by atoms with E-state index in [2.05, 4.69) is 47.4 Å². The van der Waals surface area contributed by atoms with E-state index in [1.54, 1.807) is 7.11 Å². The van der Waals surface area contributed by atoms with E-state index >= 15 is 0 Å². The van der Waals surface area contributed by atoms with Crippen LogP contribution in [-0.2, 0) is 15.8 Å². The maximum atomic E-state index is 10.2. The zero-order chi connectivity index (χ0) is 21.5. The van der Waals surface area contributed by atoms with Crippen LogP contribution in [0.4, 0.5) is 0 Å². The SMILES string of the molecule is C=C([C@H](O)CC)[C@@H](C)[C@H](CO[Si](C)(C)C(C)(C)C)OCc1ccc(OC)cc1. The molecule has 0 aliphatic heterocycles. The number of hydrogen-bond acceptors (Lipinski definition) is 4. The van der Waals surface area contributed by atoms with Gasteiger partial charge in [0, 0.05) is 5.92 Å². The smallest absolute Gasteiger partial charge is 0.192 e. The molecule has 0 aliphatic rings. The predicted octanol–water partition coefficient (Wildman–Crippen LogP) is 5.57. The Morgan fingerprint density at radius 3 is 2.21 bits per heavy atom. The van der Waals surface area contributed by atoms with Crippen LogP contribution < -0.4 is 4.74 Å². The van der Waals surface area contributed by atoms with E-state index < -0.39 is 14.4 Å². The molecule has 0 aliphatic carbocycles. The fourth-order valence-corrected chi connectivity index (χ4v) is 3.59. The third-order valence-corrected chi connectivity index (χ3v) is 10.5. The van der Waals surface area contributed by atoms with Gasteiger partial charge in [0.15, 0.2) is 8.32 Å². The Balaban J connectivity index is 2.88. The summed E-state index contributed by atoms with van der Waals surface area (Å²) in [5.41, 5.74) is 1.88. The van der Waals surface area contributed by atoms with Gasteiger partial charge in [-0.2, -0.15) is 0 Å². The Bertz CT molecular complexity index is 604. The first-order valence-electron chi connectivity index (χ1n) is 10.2. The second-order valence-corrected chi connectivity index (χ2v) is 13.9. The van der Waals surface area contributed by atoms with Gasteiger partial charge in [-0.05, 0) is 47.8 Å². The fraction of sp³-hybridized carbons (Fsp3) is 0.652. The van der Waals surface area contributed by atoms with Crippen LogP contribution in [0.3, 0.4) is 0 Å². The molecule has 0 fully saturated rings. The van der Waals surface area contributed by atoms with Crippen LogP contribution in [-0.4, -0.2) is 39.3 Å². The van der Waals surface area contributed by atoms with Crippen molar-refractivity contribution >= 4 is 8.32 Å². The van der Waals surface area contributed by atoms with Gasteiger partial charge in [-0.25, -0.2) is 0 Å².